The van der Waals surface area contributed by atoms with Crippen LogP contribution in [0.25, 0.3) is 0 Å². The molecule has 1 amide bonds. The fourth-order valence-corrected chi connectivity index (χ4v) is 2.80. The zero-order valence-electron chi connectivity index (χ0n) is 11.0. The van der Waals surface area contributed by atoms with E-state index in [2.05, 4.69) is 0 Å². The number of halogens is 2. The van der Waals surface area contributed by atoms with Gasteiger partial charge in [0.05, 0.1) is 0 Å². The Morgan fingerprint density at radius 1 is 1.25 bits per heavy atom. The zero-order valence-corrected chi connectivity index (χ0v) is 12.5. The molecule has 1 saturated heterocycles. The van der Waals surface area contributed by atoms with Gasteiger partial charge in [-0.1, -0.05) is 23.2 Å². The molecular formula is C14H17Cl2NO3. The molecule has 1 heterocycles. The van der Waals surface area contributed by atoms with Crippen LogP contribution in [-0.2, 0) is 11.3 Å². The van der Waals surface area contributed by atoms with Gasteiger partial charge in [0.25, 0.3) is 0 Å². The highest BCUT2D eigenvalue weighted by atomic mass is 35.5. The number of rotatable bonds is 3. The summed E-state index contributed by atoms with van der Waals surface area (Å²) in [5, 5.41) is 10.1. The highest BCUT2D eigenvalue weighted by molar-refractivity contribution is 6.34. The molecule has 0 aliphatic carbocycles. The van der Waals surface area contributed by atoms with Crippen LogP contribution in [-0.4, -0.2) is 35.8 Å². The van der Waals surface area contributed by atoms with Crippen LogP contribution in [0.5, 0.6) is 0 Å². The maximum atomic E-state index is 11.9. The van der Waals surface area contributed by atoms with Gasteiger partial charge in [-0.15, -0.1) is 0 Å². The lowest BCUT2D eigenvalue weighted by atomic mass is 9.98. The van der Waals surface area contributed by atoms with Crippen molar-refractivity contribution in [2.45, 2.75) is 19.4 Å². The number of amides is 1. The van der Waals surface area contributed by atoms with Crippen LogP contribution in [0.3, 0.4) is 0 Å². The molecule has 1 fully saturated rings. The first kappa shape index (κ1) is 15.4. The van der Waals surface area contributed by atoms with Gasteiger partial charge in [0.1, 0.15) is 6.61 Å². The first-order chi connectivity index (χ1) is 9.58. The van der Waals surface area contributed by atoms with Gasteiger partial charge in [0.2, 0.25) is 0 Å². The molecule has 110 valence electrons. The van der Waals surface area contributed by atoms with Gasteiger partial charge in [0, 0.05) is 29.7 Å². The van der Waals surface area contributed by atoms with Crippen LogP contribution >= 0.6 is 23.2 Å². The summed E-state index contributed by atoms with van der Waals surface area (Å²) < 4.78 is 5.25. The predicted molar refractivity (Wildman–Crippen MR) is 78.0 cm³/mol. The van der Waals surface area contributed by atoms with E-state index in [4.69, 9.17) is 33.0 Å². The van der Waals surface area contributed by atoms with Crippen molar-refractivity contribution in [3.8, 4) is 0 Å². The number of nitrogens with zero attached hydrogens (tertiary/aromatic N) is 1. The van der Waals surface area contributed by atoms with Crippen molar-refractivity contribution in [3.63, 3.8) is 0 Å². The number of carbonyl (C=O) groups is 1. The van der Waals surface area contributed by atoms with Crippen LogP contribution < -0.4 is 0 Å². The fraction of sp³-hybridized carbons (Fsp3) is 0.500. The van der Waals surface area contributed by atoms with E-state index in [0.29, 0.717) is 29.1 Å². The molecule has 1 aliphatic heterocycles. The van der Waals surface area contributed by atoms with E-state index in [1.165, 1.54) is 0 Å². The lowest BCUT2D eigenvalue weighted by molar-refractivity contribution is 0.0741. The van der Waals surface area contributed by atoms with E-state index < -0.39 is 0 Å². The minimum atomic E-state index is -0.336. The summed E-state index contributed by atoms with van der Waals surface area (Å²) in [6.45, 7) is 1.59. The summed E-state index contributed by atoms with van der Waals surface area (Å²) in [6, 6.07) is 5.07. The normalized spacial score (nSPS) is 16.2. The lowest BCUT2D eigenvalue weighted by Crippen LogP contribution is -2.39. The number of hydrogen-bond acceptors (Lipinski definition) is 3. The van der Waals surface area contributed by atoms with Crippen molar-refractivity contribution >= 4 is 29.3 Å². The molecule has 6 heteroatoms. The standard InChI is InChI=1S/C14H17Cl2NO3/c15-12-5-11(6-13(16)7-12)9-20-14(19)17-3-1-10(8-18)2-4-17/h5-7,10,18H,1-4,8-9H2. The molecule has 1 aliphatic rings. The molecule has 4 nitrogen and oxygen atoms in total. The number of carbonyl (C=O) groups excluding carboxylic acids is 1. The Bertz CT molecular complexity index is 453. The average Bonchev–Trinajstić information content (AvgIpc) is 2.44. The summed E-state index contributed by atoms with van der Waals surface area (Å²) in [7, 11) is 0. The second-order valence-corrected chi connectivity index (χ2v) is 5.82. The molecule has 0 unspecified atom stereocenters. The molecule has 2 rings (SSSR count). The number of likely N-dealkylation sites (tertiary alicyclic amines) is 1. The van der Waals surface area contributed by atoms with E-state index in [-0.39, 0.29) is 19.3 Å². The predicted octanol–water partition coefficient (Wildman–Crippen LogP) is 3.33. The van der Waals surface area contributed by atoms with Crippen molar-refractivity contribution in [1.82, 2.24) is 4.90 Å². The second kappa shape index (κ2) is 7.16. The molecule has 0 spiro atoms. The molecule has 0 radical (unpaired) electrons. The lowest BCUT2D eigenvalue weighted by Gasteiger charge is -2.30. The smallest absolute Gasteiger partial charge is 0.410 e. The van der Waals surface area contributed by atoms with Crippen molar-refractivity contribution in [3.05, 3.63) is 33.8 Å². The summed E-state index contributed by atoms with van der Waals surface area (Å²) in [6.07, 6.45) is 1.29. The van der Waals surface area contributed by atoms with Crippen LogP contribution in [0.15, 0.2) is 18.2 Å². The van der Waals surface area contributed by atoms with Crippen LogP contribution in [0.2, 0.25) is 10.0 Å². The molecule has 1 aromatic rings. The Morgan fingerprint density at radius 2 is 1.85 bits per heavy atom. The number of aliphatic hydroxyl groups is 1. The Hall–Kier alpha value is -0.970. The molecule has 0 atom stereocenters. The van der Waals surface area contributed by atoms with E-state index in [1.807, 2.05) is 0 Å². The first-order valence-corrected chi connectivity index (χ1v) is 7.31. The van der Waals surface area contributed by atoms with Gasteiger partial charge in [-0.3, -0.25) is 0 Å². The van der Waals surface area contributed by atoms with Gasteiger partial charge in [0.15, 0.2) is 0 Å². The Kier molecular flexibility index (Phi) is 5.52. The number of benzene rings is 1. The van der Waals surface area contributed by atoms with Crippen molar-refractivity contribution in [1.29, 1.82) is 0 Å². The number of ether oxygens (including phenoxy) is 1. The summed E-state index contributed by atoms with van der Waals surface area (Å²) in [5.74, 6) is 0.297. The molecule has 20 heavy (non-hydrogen) atoms. The fourth-order valence-electron chi connectivity index (χ4n) is 2.23. The minimum absolute atomic E-state index is 0.152. The molecular weight excluding hydrogens is 301 g/mol. The number of hydrogen-bond donors (Lipinski definition) is 1. The molecule has 0 bridgehead atoms. The van der Waals surface area contributed by atoms with Crippen LogP contribution in [0, 0.1) is 5.92 Å². The quantitative estimate of drug-likeness (QED) is 0.930. The van der Waals surface area contributed by atoms with Gasteiger partial charge in [-0.05, 0) is 42.5 Å². The SMILES string of the molecule is O=C(OCc1cc(Cl)cc(Cl)c1)N1CCC(CO)CC1. The number of aliphatic hydroxyl groups excluding tert-OH is 1. The van der Waals surface area contributed by atoms with Gasteiger partial charge >= 0.3 is 6.09 Å². The van der Waals surface area contributed by atoms with Crippen LogP contribution in [0.1, 0.15) is 18.4 Å². The largest absolute Gasteiger partial charge is 0.445 e. The molecule has 1 N–H and O–H groups in total. The third kappa shape index (κ3) is 4.27. The summed E-state index contributed by atoms with van der Waals surface area (Å²) >= 11 is 11.8. The highest BCUT2D eigenvalue weighted by Crippen LogP contribution is 2.21. The molecule has 0 aromatic heterocycles. The maximum Gasteiger partial charge on any atom is 0.410 e. The third-order valence-electron chi connectivity index (χ3n) is 3.42. The van der Waals surface area contributed by atoms with Gasteiger partial charge < -0.3 is 14.7 Å². The summed E-state index contributed by atoms with van der Waals surface area (Å²) in [4.78, 5) is 13.6. The van der Waals surface area contributed by atoms with E-state index in [9.17, 15) is 4.79 Å². The highest BCUT2D eigenvalue weighted by Gasteiger charge is 2.23. The van der Waals surface area contributed by atoms with Crippen molar-refractivity contribution in [2.24, 2.45) is 5.92 Å². The van der Waals surface area contributed by atoms with Crippen molar-refractivity contribution < 1.29 is 14.6 Å². The van der Waals surface area contributed by atoms with Crippen LogP contribution in [0.4, 0.5) is 4.79 Å². The Balaban J connectivity index is 1.83. The van der Waals surface area contributed by atoms with Gasteiger partial charge in [-0.2, -0.15) is 0 Å². The average molecular weight is 318 g/mol. The van der Waals surface area contributed by atoms with E-state index in [0.717, 1.165) is 18.4 Å². The monoisotopic (exact) mass is 317 g/mol. The second-order valence-electron chi connectivity index (χ2n) is 4.95. The third-order valence-corrected chi connectivity index (χ3v) is 3.85. The summed E-state index contributed by atoms with van der Waals surface area (Å²) in [5.41, 5.74) is 0.765. The van der Waals surface area contributed by atoms with E-state index in [1.54, 1.807) is 23.1 Å². The minimum Gasteiger partial charge on any atom is -0.445 e. The Morgan fingerprint density at radius 3 is 2.40 bits per heavy atom. The molecule has 0 saturated carbocycles. The first-order valence-electron chi connectivity index (χ1n) is 6.56. The Labute approximate surface area is 128 Å². The topological polar surface area (TPSA) is 49.8 Å². The maximum absolute atomic E-state index is 11.9. The van der Waals surface area contributed by atoms with E-state index >= 15 is 0 Å². The van der Waals surface area contributed by atoms with Gasteiger partial charge in [-0.25, -0.2) is 4.79 Å². The van der Waals surface area contributed by atoms with Crippen molar-refractivity contribution in [2.75, 3.05) is 19.7 Å². The zero-order chi connectivity index (χ0) is 14.5. The molecule has 1 aromatic carbocycles. The number of piperidine rings is 1.